The summed E-state index contributed by atoms with van der Waals surface area (Å²) in [5.41, 5.74) is 2.43. The first-order valence-corrected chi connectivity index (χ1v) is 9.51. The summed E-state index contributed by atoms with van der Waals surface area (Å²) < 4.78 is 0. The van der Waals surface area contributed by atoms with Crippen molar-refractivity contribution in [2.75, 3.05) is 26.2 Å². The Morgan fingerprint density at radius 3 is 2.44 bits per heavy atom. The maximum atomic E-state index is 12.3. The Labute approximate surface area is 150 Å². The second-order valence-electron chi connectivity index (χ2n) is 7.20. The number of nitrogens with zero attached hydrogens (tertiary/aromatic N) is 2. The molecule has 2 amide bonds. The minimum atomic E-state index is -0.203. The van der Waals surface area contributed by atoms with Crippen molar-refractivity contribution in [1.82, 2.24) is 15.1 Å². The van der Waals surface area contributed by atoms with Gasteiger partial charge in [-0.05, 0) is 44.0 Å². The molecule has 1 unspecified atom stereocenters. The van der Waals surface area contributed by atoms with Gasteiger partial charge in [0, 0.05) is 32.6 Å². The molecule has 1 aromatic rings. The van der Waals surface area contributed by atoms with Gasteiger partial charge >= 0.3 is 0 Å². The van der Waals surface area contributed by atoms with Crippen molar-refractivity contribution in [3.63, 3.8) is 0 Å². The van der Waals surface area contributed by atoms with Crippen LogP contribution in [0.2, 0.25) is 0 Å². The van der Waals surface area contributed by atoms with Gasteiger partial charge in [-0.2, -0.15) is 0 Å². The lowest BCUT2D eigenvalue weighted by atomic mass is 10.1. The van der Waals surface area contributed by atoms with Gasteiger partial charge in [-0.3, -0.25) is 14.5 Å². The summed E-state index contributed by atoms with van der Waals surface area (Å²) in [7, 11) is 0. The van der Waals surface area contributed by atoms with Gasteiger partial charge in [0.15, 0.2) is 0 Å². The minimum Gasteiger partial charge on any atom is -0.352 e. The fourth-order valence-electron chi connectivity index (χ4n) is 3.73. The topological polar surface area (TPSA) is 52.7 Å². The minimum absolute atomic E-state index is 0.0123. The molecule has 2 aliphatic heterocycles. The van der Waals surface area contributed by atoms with Gasteiger partial charge in [0.25, 0.3) is 0 Å². The molecule has 2 aliphatic rings. The summed E-state index contributed by atoms with van der Waals surface area (Å²) in [6, 6.07) is 8.51. The largest absolute Gasteiger partial charge is 0.352 e. The monoisotopic (exact) mass is 343 g/mol. The maximum Gasteiger partial charge on any atom is 0.225 e. The highest BCUT2D eigenvalue weighted by molar-refractivity contribution is 5.89. The van der Waals surface area contributed by atoms with E-state index in [4.69, 9.17) is 0 Å². The normalized spacial score (nSPS) is 21.6. The van der Waals surface area contributed by atoms with Gasteiger partial charge in [0.1, 0.15) is 0 Å². The van der Waals surface area contributed by atoms with E-state index in [9.17, 15) is 9.59 Å². The summed E-state index contributed by atoms with van der Waals surface area (Å²) >= 11 is 0. The summed E-state index contributed by atoms with van der Waals surface area (Å²) in [6.45, 7) is 7.13. The number of carbonyl (C=O) groups excluding carboxylic acids is 2. The number of amides is 2. The second kappa shape index (κ2) is 8.48. The van der Waals surface area contributed by atoms with E-state index in [1.54, 1.807) is 4.90 Å². The summed E-state index contributed by atoms with van der Waals surface area (Å²) in [6.07, 6.45) is 4.32. The Hall–Kier alpha value is -1.88. The van der Waals surface area contributed by atoms with E-state index in [1.807, 2.05) is 6.92 Å². The average Bonchev–Trinajstić information content (AvgIpc) is 3.03. The van der Waals surface area contributed by atoms with Gasteiger partial charge in [-0.1, -0.05) is 30.7 Å². The van der Waals surface area contributed by atoms with Crippen LogP contribution in [0.3, 0.4) is 0 Å². The van der Waals surface area contributed by atoms with Crippen molar-refractivity contribution >= 4 is 11.8 Å². The average molecular weight is 343 g/mol. The van der Waals surface area contributed by atoms with Crippen LogP contribution in [0.5, 0.6) is 0 Å². The number of likely N-dealkylation sites (tertiary alicyclic amines) is 2. The third kappa shape index (κ3) is 4.82. The predicted octanol–water partition coefficient (Wildman–Crippen LogP) is 2.16. The van der Waals surface area contributed by atoms with Gasteiger partial charge in [0.05, 0.1) is 5.92 Å². The number of hydrogen-bond donors (Lipinski definition) is 1. The molecule has 0 aromatic heterocycles. The summed E-state index contributed by atoms with van der Waals surface area (Å²) in [4.78, 5) is 28.3. The molecule has 25 heavy (non-hydrogen) atoms. The third-order valence-electron chi connectivity index (χ3n) is 5.31. The molecule has 0 aliphatic carbocycles. The molecule has 136 valence electrons. The first-order valence-electron chi connectivity index (χ1n) is 9.51. The van der Waals surface area contributed by atoms with Crippen molar-refractivity contribution in [2.45, 2.75) is 45.7 Å². The molecule has 5 nitrogen and oxygen atoms in total. The number of benzene rings is 1. The van der Waals surface area contributed by atoms with Crippen molar-refractivity contribution < 1.29 is 9.59 Å². The first-order chi connectivity index (χ1) is 12.2. The van der Waals surface area contributed by atoms with E-state index in [0.717, 1.165) is 12.1 Å². The molecule has 1 N–H and O–H groups in total. The molecule has 1 aromatic carbocycles. The zero-order chi connectivity index (χ0) is 17.6. The Morgan fingerprint density at radius 2 is 1.80 bits per heavy atom. The molecule has 0 radical (unpaired) electrons. The highest BCUT2D eigenvalue weighted by atomic mass is 16.2. The fraction of sp³-hybridized carbons (Fsp3) is 0.600. The van der Waals surface area contributed by atoms with Gasteiger partial charge in [-0.25, -0.2) is 0 Å². The Morgan fingerprint density at radius 1 is 1.12 bits per heavy atom. The molecule has 5 heteroatoms. The lowest BCUT2D eigenvalue weighted by Crippen LogP contribution is -2.32. The van der Waals surface area contributed by atoms with Crippen LogP contribution in [0.4, 0.5) is 0 Å². The smallest absolute Gasteiger partial charge is 0.225 e. The van der Waals surface area contributed by atoms with Crippen molar-refractivity contribution in [1.29, 1.82) is 0 Å². The first kappa shape index (κ1) is 17.9. The van der Waals surface area contributed by atoms with Crippen LogP contribution >= 0.6 is 0 Å². The van der Waals surface area contributed by atoms with Crippen LogP contribution in [-0.2, 0) is 22.7 Å². The quantitative estimate of drug-likeness (QED) is 0.861. The fourth-order valence-corrected chi connectivity index (χ4v) is 3.73. The Kier molecular flexibility index (Phi) is 6.08. The third-order valence-corrected chi connectivity index (χ3v) is 5.31. The van der Waals surface area contributed by atoms with E-state index < -0.39 is 0 Å². The maximum absolute atomic E-state index is 12.3. The Bertz CT molecular complexity index is 593. The van der Waals surface area contributed by atoms with Gasteiger partial charge in [-0.15, -0.1) is 0 Å². The molecule has 2 saturated heterocycles. The lowest BCUT2D eigenvalue weighted by molar-refractivity contribution is -0.128. The molecule has 2 fully saturated rings. The molecule has 2 heterocycles. The standard InChI is InChI=1S/C20H29N3O2/c1-2-23-15-18(12-19(23)24)20(25)21-13-16-6-8-17(9-7-16)14-22-10-4-3-5-11-22/h6-9,18H,2-5,10-15H2,1H3,(H,21,25). The molecular formula is C20H29N3O2. The van der Waals surface area contributed by atoms with Crippen LogP contribution in [-0.4, -0.2) is 47.8 Å². The van der Waals surface area contributed by atoms with Crippen LogP contribution in [0, 0.1) is 5.92 Å². The molecular weight excluding hydrogens is 314 g/mol. The van der Waals surface area contributed by atoms with Crippen LogP contribution in [0.15, 0.2) is 24.3 Å². The zero-order valence-corrected chi connectivity index (χ0v) is 15.2. The summed E-state index contributed by atoms with van der Waals surface area (Å²) in [5, 5.41) is 2.98. The van der Waals surface area contributed by atoms with E-state index in [0.29, 0.717) is 26.1 Å². The van der Waals surface area contributed by atoms with Gasteiger partial charge < -0.3 is 10.2 Å². The SMILES string of the molecule is CCN1CC(C(=O)NCc2ccc(CN3CCCCC3)cc2)CC1=O. The van der Waals surface area contributed by atoms with E-state index in [1.165, 1.54) is 37.9 Å². The molecule has 0 spiro atoms. The van der Waals surface area contributed by atoms with Crippen molar-refractivity contribution in [3.05, 3.63) is 35.4 Å². The van der Waals surface area contributed by atoms with E-state index in [-0.39, 0.29) is 17.7 Å². The van der Waals surface area contributed by atoms with E-state index in [2.05, 4.69) is 34.5 Å². The number of nitrogens with one attached hydrogen (secondary N) is 1. The predicted molar refractivity (Wildman–Crippen MR) is 97.8 cm³/mol. The van der Waals surface area contributed by atoms with Crippen molar-refractivity contribution in [2.24, 2.45) is 5.92 Å². The van der Waals surface area contributed by atoms with Crippen LogP contribution in [0.25, 0.3) is 0 Å². The van der Waals surface area contributed by atoms with E-state index >= 15 is 0 Å². The molecule has 3 rings (SSSR count). The van der Waals surface area contributed by atoms with Crippen molar-refractivity contribution in [3.8, 4) is 0 Å². The van der Waals surface area contributed by atoms with Crippen LogP contribution in [0.1, 0.15) is 43.7 Å². The molecule has 1 atom stereocenters. The zero-order valence-electron chi connectivity index (χ0n) is 15.2. The highest BCUT2D eigenvalue weighted by Gasteiger charge is 2.33. The van der Waals surface area contributed by atoms with Gasteiger partial charge in [0.2, 0.25) is 11.8 Å². The van der Waals surface area contributed by atoms with Crippen LogP contribution < -0.4 is 5.32 Å². The molecule has 0 bridgehead atoms. The number of hydrogen-bond acceptors (Lipinski definition) is 3. The number of piperidine rings is 1. The lowest BCUT2D eigenvalue weighted by Gasteiger charge is -2.26. The highest BCUT2D eigenvalue weighted by Crippen LogP contribution is 2.18. The Balaban J connectivity index is 1.45. The molecule has 0 saturated carbocycles. The number of carbonyl (C=O) groups is 2. The number of rotatable bonds is 6. The summed E-state index contributed by atoms with van der Waals surface area (Å²) in [5.74, 6) is -0.128. The second-order valence-corrected chi connectivity index (χ2v) is 7.20.